The minimum absolute atomic E-state index is 0.240. The molecular formula is C13H19N3O. The van der Waals surface area contributed by atoms with Gasteiger partial charge in [0, 0.05) is 44.0 Å². The summed E-state index contributed by atoms with van der Waals surface area (Å²) < 4.78 is 0. The Morgan fingerprint density at radius 1 is 1.59 bits per heavy atom. The van der Waals surface area contributed by atoms with Gasteiger partial charge in [0.15, 0.2) is 0 Å². The van der Waals surface area contributed by atoms with Crippen LogP contribution in [0.25, 0.3) is 0 Å². The Morgan fingerprint density at radius 2 is 2.47 bits per heavy atom. The lowest BCUT2D eigenvalue weighted by molar-refractivity contribution is -0.133. The summed E-state index contributed by atoms with van der Waals surface area (Å²) in [5.41, 5.74) is 0.989. The highest BCUT2D eigenvalue weighted by Gasteiger charge is 2.22. The van der Waals surface area contributed by atoms with Crippen molar-refractivity contribution in [1.82, 2.24) is 15.2 Å². The van der Waals surface area contributed by atoms with Gasteiger partial charge in [-0.2, -0.15) is 0 Å². The van der Waals surface area contributed by atoms with Crippen LogP contribution >= 0.6 is 0 Å². The molecule has 4 heteroatoms. The molecule has 92 valence electrons. The standard InChI is InChI=1S/C13H19N3O/c1-11-10-14-8-9-16(11)13(17)6-5-12-4-2-3-7-15-12/h2-4,7,11,14H,5-6,8-10H2,1H3/t11-/m0/s1. The van der Waals surface area contributed by atoms with Crippen LogP contribution in [0.3, 0.4) is 0 Å². The van der Waals surface area contributed by atoms with Gasteiger partial charge < -0.3 is 10.2 Å². The van der Waals surface area contributed by atoms with E-state index >= 15 is 0 Å². The molecule has 1 atom stereocenters. The van der Waals surface area contributed by atoms with Crippen LogP contribution in [-0.2, 0) is 11.2 Å². The Morgan fingerprint density at radius 3 is 3.18 bits per heavy atom. The Hall–Kier alpha value is -1.42. The van der Waals surface area contributed by atoms with Gasteiger partial charge in [0.2, 0.25) is 5.91 Å². The number of amides is 1. The lowest BCUT2D eigenvalue weighted by Crippen LogP contribution is -2.52. The van der Waals surface area contributed by atoms with Crippen LogP contribution in [-0.4, -0.2) is 41.5 Å². The lowest BCUT2D eigenvalue weighted by Gasteiger charge is -2.34. The fourth-order valence-corrected chi connectivity index (χ4v) is 2.14. The third-order valence-corrected chi connectivity index (χ3v) is 3.14. The summed E-state index contributed by atoms with van der Waals surface area (Å²) in [6, 6.07) is 6.12. The highest BCUT2D eigenvalue weighted by molar-refractivity contribution is 5.76. The molecule has 1 N–H and O–H groups in total. The first-order valence-electron chi connectivity index (χ1n) is 6.17. The summed E-state index contributed by atoms with van der Waals surface area (Å²) in [5.74, 6) is 0.240. The van der Waals surface area contributed by atoms with Crippen molar-refractivity contribution in [2.75, 3.05) is 19.6 Å². The lowest BCUT2D eigenvalue weighted by atomic mass is 10.1. The van der Waals surface area contributed by atoms with Crippen LogP contribution in [0.2, 0.25) is 0 Å². The van der Waals surface area contributed by atoms with Gasteiger partial charge in [-0.1, -0.05) is 6.07 Å². The maximum absolute atomic E-state index is 12.1. The highest BCUT2D eigenvalue weighted by Crippen LogP contribution is 2.07. The van der Waals surface area contributed by atoms with Crippen molar-refractivity contribution in [1.29, 1.82) is 0 Å². The Balaban J connectivity index is 1.84. The average Bonchev–Trinajstić information content (AvgIpc) is 2.38. The normalized spacial score (nSPS) is 20.3. The minimum atomic E-state index is 0.240. The molecule has 1 saturated heterocycles. The first kappa shape index (κ1) is 12.0. The van der Waals surface area contributed by atoms with Gasteiger partial charge in [-0.25, -0.2) is 0 Å². The Bertz CT molecular complexity index is 366. The van der Waals surface area contributed by atoms with Gasteiger partial charge in [0.25, 0.3) is 0 Å². The molecule has 0 saturated carbocycles. The fourth-order valence-electron chi connectivity index (χ4n) is 2.14. The molecule has 0 bridgehead atoms. The molecule has 1 fully saturated rings. The zero-order chi connectivity index (χ0) is 12.1. The zero-order valence-corrected chi connectivity index (χ0v) is 10.2. The maximum atomic E-state index is 12.1. The van der Waals surface area contributed by atoms with E-state index < -0.39 is 0 Å². The number of aryl methyl sites for hydroxylation is 1. The van der Waals surface area contributed by atoms with Crippen molar-refractivity contribution < 1.29 is 4.79 Å². The van der Waals surface area contributed by atoms with E-state index in [1.165, 1.54) is 0 Å². The van der Waals surface area contributed by atoms with Crippen molar-refractivity contribution in [3.63, 3.8) is 0 Å². The van der Waals surface area contributed by atoms with Gasteiger partial charge in [0.1, 0.15) is 0 Å². The van der Waals surface area contributed by atoms with Crippen molar-refractivity contribution in [2.24, 2.45) is 0 Å². The molecule has 1 aliphatic heterocycles. The summed E-state index contributed by atoms with van der Waals surface area (Å²) >= 11 is 0. The van der Waals surface area contributed by atoms with Gasteiger partial charge in [-0.3, -0.25) is 9.78 Å². The zero-order valence-electron chi connectivity index (χ0n) is 10.2. The topological polar surface area (TPSA) is 45.2 Å². The van der Waals surface area contributed by atoms with Gasteiger partial charge in [-0.15, -0.1) is 0 Å². The van der Waals surface area contributed by atoms with Crippen LogP contribution in [0.1, 0.15) is 19.0 Å². The molecule has 0 radical (unpaired) electrons. The third-order valence-electron chi connectivity index (χ3n) is 3.14. The monoisotopic (exact) mass is 233 g/mol. The van der Waals surface area contributed by atoms with E-state index in [1.807, 2.05) is 23.1 Å². The molecule has 2 heterocycles. The van der Waals surface area contributed by atoms with E-state index in [9.17, 15) is 4.79 Å². The number of hydrogen-bond donors (Lipinski definition) is 1. The molecule has 1 aromatic heterocycles. The molecule has 0 unspecified atom stereocenters. The van der Waals surface area contributed by atoms with Crippen molar-refractivity contribution in [3.05, 3.63) is 30.1 Å². The van der Waals surface area contributed by atoms with Crippen molar-refractivity contribution >= 4 is 5.91 Å². The van der Waals surface area contributed by atoms with Crippen LogP contribution in [0.4, 0.5) is 0 Å². The number of carbonyl (C=O) groups excluding carboxylic acids is 1. The maximum Gasteiger partial charge on any atom is 0.223 e. The van der Waals surface area contributed by atoms with Gasteiger partial charge >= 0.3 is 0 Å². The molecule has 1 aromatic rings. The average molecular weight is 233 g/mol. The third kappa shape index (κ3) is 3.27. The number of hydrogen-bond acceptors (Lipinski definition) is 3. The van der Waals surface area contributed by atoms with E-state index in [0.29, 0.717) is 12.5 Å². The largest absolute Gasteiger partial charge is 0.337 e. The first-order chi connectivity index (χ1) is 8.27. The molecule has 0 aliphatic carbocycles. The predicted octanol–water partition coefficient (Wildman–Crippen LogP) is 0.834. The smallest absolute Gasteiger partial charge is 0.223 e. The number of piperazine rings is 1. The van der Waals surface area contributed by atoms with Crippen LogP contribution < -0.4 is 5.32 Å². The fraction of sp³-hybridized carbons (Fsp3) is 0.538. The van der Waals surface area contributed by atoms with E-state index in [-0.39, 0.29) is 5.91 Å². The number of carbonyl (C=O) groups is 1. The van der Waals surface area contributed by atoms with E-state index in [1.54, 1.807) is 6.20 Å². The molecule has 1 amide bonds. The molecule has 0 aromatic carbocycles. The quantitative estimate of drug-likeness (QED) is 0.841. The van der Waals surface area contributed by atoms with E-state index in [2.05, 4.69) is 17.2 Å². The molecule has 17 heavy (non-hydrogen) atoms. The highest BCUT2D eigenvalue weighted by atomic mass is 16.2. The second-order valence-corrected chi connectivity index (χ2v) is 4.46. The number of pyridine rings is 1. The number of aromatic nitrogens is 1. The second kappa shape index (κ2) is 5.77. The predicted molar refractivity (Wildman–Crippen MR) is 66.6 cm³/mol. The Labute approximate surface area is 102 Å². The van der Waals surface area contributed by atoms with Crippen molar-refractivity contribution in [3.8, 4) is 0 Å². The van der Waals surface area contributed by atoms with Crippen molar-refractivity contribution in [2.45, 2.75) is 25.8 Å². The molecule has 1 aliphatic rings. The number of rotatable bonds is 3. The summed E-state index contributed by atoms with van der Waals surface area (Å²) in [6.45, 7) is 4.71. The SMILES string of the molecule is C[C@H]1CNCCN1C(=O)CCc1ccccn1. The summed E-state index contributed by atoms with van der Waals surface area (Å²) in [7, 11) is 0. The summed E-state index contributed by atoms with van der Waals surface area (Å²) in [5, 5.41) is 3.29. The summed E-state index contributed by atoms with van der Waals surface area (Å²) in [4.78, 5) is 18.3. The van der Waals surface area contributed by atoms with Crippen LogP contribution in [0.5, 0.6) is 0 Å². The van der Waals surface area contributed by atoms with E-state index in [0.717, 1.165) is 31.7 Å². The first-order valence-corrected chi connectivity index (χ1v) is 6.17. The molecule has 0 spiro atoms. The molecule has 4 nitrogen and oxygen atoms in total. The Kier molecular flexibility index (Phi) is 4.09. The minimum Gasteiger partial charge on any atom is -0.337 e. The van der Waals surface area contributed by atoms with E-state index in [4.69, 9.17) is 0 Å². The van der Waals surface area contributed by atoms with Crippen LogP contribution in [0.15, 0.2) is 24.4 Å². The van der Waals surface area contributed by atoms with Gasteiger partial charge in [-0.05, 0) is 25.5 Å². The van der Waals surface area contributed by atoms with Crippen LogP contribution in [0, 0.1) is 0 Å². The molecule has 2 rings (SSSR count). The molecular weight excluding hydrogens is 214 g/mol. The number of nitrogens with zero attached hydrogens (tertiary/aromatic N) is 2. The van der Waals surface area contributed by atoms with Gasteiger partial charge in [0.05, 0.1) is 0 Å². The number of nitrogens with one attached hydrogen (secondary N) is 1. The summed E-state index contributed by atoms with van der Waals surface area (Å²) in [6.07, 6.45) is 3.06. The second-order valence-electron chi connectivity index (χ2n) is 4.46.